The van der Waals surface area contributed by atoms with E-state index in [1.165, 1.54) is 0 Å². The number of hydrogen-bond donors (Lipinski definition) is 2. The maximum Gasteiger partial charge on any atom is 0.119 e. The summed E-state index contributed by atoms with van der Waals surface area (Å²) >= 11 is 0. The summed E-state index contributed by atoms with van der Waals surface area (Å²) in [4.78, 5) is 0. The van der Waals surface area contributed by atoms with E-state index in [-0.39, 0.29) is 6.04 Å². The normalized spacial score (nSPS) is 12.8. The van der Waals surface area contributed by atoms with Crippen molar-refractivity contribution >= 4 is 5.69 Å². The molecule has 0 aromatic heterocycles. The van der Waals surface area contributed by atoms with E-state index in [0.29, 0.717) is 12.5 Å². The molecule has 1 aromatic rings. The minimum atomic E-state index is 0.00241. The lowest BCUT2D eigenvalue weighted by atomic mass is 10.0. The van der Waals surface area contributed by atoms with Crippen LogP contribution in [0.25, 0.3) is 0 Å². The lowest BCUT2D eigenvalue weighted by Gasteiger charge is -2.16. The third-order valence-electron chi connectivity index (χ3n) is 2.64. The third-order valence-corrected chi connectivity index (χ3v) is 2.64. The summed E-state index contributed by atoms with van der Waals surface area (Å²) in [6.45, 7) is 7.09. The van der Waals surface area contributed by atoms with Crippen molar-refractivity contribution in [2.75, 3.05) is 12.3 Å². The summed E-state index contributed by atoms with van der Waals surface area (Å²) in [5.41, 5.74) is 13.8. The Kier molecular flexibility index (Phi) is 5.29. The van der Waals surface area contributed by atoms with Gasteiger partial charge in [0, 0.05) is 11.7 Å². The Bertz CT molecular complexity index is 350. The maximum absolute atomic E-state index is 6.10. The van der Waals surface area contributed by atoms with Crippen LogP contribution in [0.5, 0.6) is 5.75 Å². The molecule has 4 N–H and O–H groups in total. The second kappa shape index (κ2) is 6.50. The first-order valence-corrected chi connectivity index (χ1v) is 6.32. The number of nitrogen functional groups attached to an aromatic ring is 1. The van der Waals surface area contributed by atoms with Gasteiger partial charge in [-0.2, -0.15) is 0 Å². The molecule has 0 amide bonds. The average Bonchev–Trinajstić information content (AvgIpc) is 2.28. The summed E-state index contributed by atoms with van der Waals surface area (Å²) in [5.74, 6) is 1.37. The first-order chi connectivity index (χ1) is 8.04. The fraction of sp³-hybridized carbons (Fsp3) is 0.571. The van der Waals surface area contributed by atoms with Crippen LogP contribution in [0.1, 0.15) is 45.2 Å². The second-order valence-corrected chi connectivity index (χ2v) is 4.89. The van der Waals surface area contributed by atoms with Gasteiger partial charge >= 0.3 is 0 Å². The van der Waals surface area contributed by atoms with E-state index in [1.54, 1.807) is 0 Å². The fourth-order valence-electron chi connectivity index (χ4n) is 1.69. The topological polar surface area (TPSA) is 61.3 Å². The molecule has 0 fully saturated rings. The molecule has 0 saturated carbocycles. The third kappa shape index (κ3) is 4.27. The van der Waals surface area contributed by atoms with E-state index in [9.17, 15) is 0 Å². The number of ether oxygens (including phenoxy) is 1. The number of rotatable bonds is 6. The van der Waals surface area contributed by atoms with Crippen molar-refractivity contribution in [3.05, 3.63) is 23.8 Å². The molecule has 17 heavy (non-hydrogen) atoms. The van der Waals surface area contributed by atoms with Crippen LogP contribution < -0.4 is 16.2 Å². The predicted octanol–water partition coefficient (Wildman–Crippen LogP) is 3.10. The van der Waals surface area contributed by atoms with Crippen LogP contribution >= 0.6 is 0 Å². The van der Waals surface area contributed by atoms with Gasteiger partial charge in [-0.25, -0.2) is 0 Å². The molecular formula is C14H24N2O. The van der Waals surface area contributed by atoms with Crippen LogP contribution in [0.15, 0.2) is 18.2 Å². The van der Waals surface area contributed by atoms with Crippen LogP contribution in [0.3, 0.4) is 0 Å². The summed E-state index contributed by atoms with van der Waals surface area (Å²) < 4.78 is 5.68. The minimum Gasteiger partial charge on any atom is -0.493 e. The van der Waals surface area contributed by atoms with E-state index in [2.05, 4.69) is 20.8 Å². The van der Waals surface area contributed by atoms with E-state index < -0.39 is 0 Å². The first-order valence-electron chi connectivity index (χ1n) is 6.32. The van der Waals surface area contributed by atoms with E-state index in [1.807, 2.05) is 18.2 Å². The van der Waals surface area contributed by atoms with Gasteiger partial charge in [-0.3, -0.25) is 0 Å². The zero-order valence-electron chi connectivity index (χ0n) is 11.1. The molecule has 0 saturated heterocycles. The molecule has 0 aliphatic carbocycles. The van der Waals surface area contributed by atoms with Gasteiger partial charge < -0.3 is 16.2 Å². The molecule has 0 aliphatic rings. The van der Waals surface area contributed by atoms with Gasteiger partial charge in [-0.05, 0) is 36.1 Å². The quantitative estimate of drug-likeness (QED) is 0.746. The van der Waals surface area contributed by atoms with Crippen molar-refractivity contribution in [1.29, 1.82) is 0 Å². The van der Waals surface area contributed by atoms with Gasteiger partial charge in [0.25, 0.3) is 0 Å². The molecule has 1 rings (SSSR count). The van der Waals surface area contributed by atoms with Crippen LogP contribution in [-0.4, -0.2) is 6.61 Å². The fourth-order valence-corrected chi connectivity index (χ4v) is 1.69. The number of benzene rings is 1. The molecule has 0 aliphatic heterocycles. The summed E-state index contributed by atoms with van der Waals surface area (Å²) in [6.07, 6.45) is 2.00. The van der Waals surface area contributed by atoms with Gasteiger partial charge in [0.1, 0.15) is 5.75 Å². The Hall–Kier alpha value is -1.22. The van der Waals surface area contributed by atoms with E-state index >= 15 is 0 Å². The van der Waals surface area contributed by atoms with Gasteiger partial charge in [-0.15, -0.1) is 0 Å². The van der Waals surface area contributed by atoms with Gasteiger partial charge in [0.15, 0.2) is 0 Å². The Balaban J connectivity index is 2.78. The molecule has 0 radical (unpaired) electrons. The highest BCUT2D eigenvalue weighted by molar-refractivity contribution is 5.52. The monoisotopic (exact) mass is 236 g/mol. The Morgan fingerprint density at radius 1 is 1.29 bits per heavy atom. The molecule has 0 heterocycles. The highest BCUT2D eigenvalue weighted by atomic mass is 16.5. The lowest BCUT2D eigenvalue weighted by Crippen LogP contribution is -2.13. The molecule has 1 unspecified atom stereocenters. The first kappa shape index (κ1) is 13.8. The molecule has 3 nitrogen and oxygen atoms in total. The van der Waals surface area contributed by atoms with Crippen molar-refractivity contribution in [1.82, 2.24) is 0 Å². The zero-order chi connectivity index (χ0) is 12.8. The summed E-state index contributed by atoms with van der Waals surface area (Å²) in [5, 5.41) is 0. The van der Waals surface area contributed by atoms with E-state index in [0.717, 1.165) is 29.8 Å². The lowest BCUT2D eigenvalue weighted by molar-refractivity contribution is 0.270. The standard InChI is InChI=1S/C14H24N2O/c1-4-5-13(15)12-8-11(6-7-14(12)16)17-9-10(2)3/h6-8,10,13H,4-5,9,15-16H2,1-3H3. The van der Waals surface area contributed by atoms with Gasteiger partial charge in [0.05, 0.1) is 6.61 Å². The number of nitrogens with two attached hydrogens (primary N) is 2. The molecule has 1 atom stereocenters. The number of anilines is 1. The summed E-state index contributed by atoms with van der Waals surface area (Å²) in [7, 11) is 0. The van der Waals surface area contributed by atoms with Crippen LogP contribution in [0, 0.1) is 5.92 Å². The van der Waals surface area contributed by atoms with Gasteiger partial charge in [0.2, 0.25) is 0 Å². The van der Waals surface area contributed by atoms with Crippen LogP contribution in [0.4, 0.5) is 5.69 Å². The minimum absolute atomic E-state index is 0.00241. The largest absolute Gasteiger partial charge is 0.493 e. The zero-order valence-corrected chi connectivity index (χ0v) is 11.1. The van der Waals surface area contributed by atoms with Crippen LogP contribution in [0.2, 0.25) is 0 Å². The van der Waals surface area contributed by atoms with Crippen molar-refractivity contribution in [3.63, 3.8) is 0 Å². The van der Waals surface area contributed by atoms with Crippen molar-refractivity contribution in [3.8, 4) is 5.75 Å². The molecule has 0 spiro atoms. The summed E-state index contributed by atoms with van der Waals surface area (Å²) in [6, 6.07) is 5.75. The molecular weight excluding hydrogens is 212 g/mol. The van der Waals surface area contributed by atoms with Crippen LogP contribution in [-0.2, 0) is 0 Å². The van der Waals surface area contributed by atoms with Crippen molar-refractivity contribution < 1.29 is 4.74 Å². The van der Waals surface area contributed by atoms with Gasteiger partial charge in [-0.1, -0.05) is 27.2 Å². The Morgan fingerprint density at radius 2 is 2.00 bits per heavy atom. The average molecular weight is 236 g/mol. The molecule has 0 bridgehead atoms. The smallest absolute Gasteiger partial charge is 0.119 e. The van der Waals surface area contributed by atoms with Crippen molar-refractivity contribution in [2.24, 2.45) is 11.7 Å². The number of hydrogen-bond acceptors (Lipinski definition) is 3. The highest BCUT2D eigenvalue weighted by Crippen LogP contribution is 2.26. The maximum atomic E-state index is 6.10. The predicted molar refractivity (Wildman–Crippen MR) is 73.0 cm³/mol. The molecule has 1 aromatic carbocycles. The second-order valence-electron chi connectivity index (χ2n) is 4.89. The van der Waals surface area contributed by atoms with Crippen molar-refractivity contribution in [2.45, 2.75) is 39.7 Å². The Labute approximate surface area is 104 Å². The Morgan fingerprint density at radius 3 is 2.59 bits per heavy atom. The SMILES string of the molecule is CCCC(N)c1cc(OCC(C)C)ccc1N. The van der Waals surface area contributed by atoms with E-state index in [4.69, 9.17) is 16.2 Å². The molecule has 96 valence electrons. The molecule has 3 heteroatoms. The highest BCUT2D eigenvalue weighted by Gasteiger charge is 2.10.